The number of benzene rings is 2. The monoisotopic (exact) mass is 532 g/mol. The zero-order valence-electron chi connectivity index (χ0n) is 14.2. The van der Waals surface area contributed by atoms with Crippen LogP contribution in [0.5, 0.6) is 0 Å². The van der Waals surface area contributed by atoms with Crippen molar-refractivity contribution < 1.29 is 8.42 Å². The Kier molecular flexibility index (Phi) is 6.10. The van der Waals surface area contributed by atoms with E-state index in [4.69, 9.17) is 11.6 Å². The van der Waals surface area contributed by atoms with Gasteiger partial charge < -0.3 is 0 Å². The molecule has 1 heterocycles. The van der Waals surface area contributed by atoms with Crippen LogP contribution in [0.1, 0.15) is 19.2 Å². The van der Waals surface area contributed by atoms with Crippen LogP contribution in [0.15, 0.2) is 50.1 Å². The molecule has 142 valence electrons. The molecule has 5 nitrogen and oxygen atoms in total. The standard InChI is InChI=1S/C18H15Br2ClN2O3S/c1-2-7-27(25,26)10-16-22-17-12(8-11(19)9-13(17)20)18(24)23(16)15-6-4-3-5-14(15)21/h3-6,8-9H,2,7,10H2,1H3. The van der Waals surface area contributed by atoms with E-state index in [1.165, 1.54) is 4.57 Å². The van der Waals surface area contributed by atoms with Gasteiger partial charge in [0.2, 0.25) is 0 Å². The first-order valence-corrected chi connectivity index (χ1v) is 11.9. The van der Waals surface area contributed by atoms with Crippen molar-refractivity contribution in [2.45, 2.75) is 19.1 Å². The lowest BCUT2D eigenvalue weighted by Gasteiger charge is -2.15. The number of para-hydroxylation sites is 1. The molecular weight excluding hydrogens is 520 g/mol. The summed E-state index contributed by atoms with van der Waals surface area (Å²) >= 11 is 13.1. The molecule has 0 radical (unpaired) electrons. The number of fused-ring (bicyclic) bond motifs is 1. The van der Waals surface area contributed by atoms with Gasteiger partial charge in [-0.15, -0.1) is 0 Å². The van der Waals surface area contributed by atoms with E-state index in [0.29, 0.717) is 37.0 Å². The van der Waals surface area contributed by atoms with Crippen LogP contribution in [0.25, 0.3) is 16.6 Å². The molecule has 1 aromatic heterocycles. The molecule has 0 aliphatic heterocycles. The molecule has 2 aromatic carbocycles. The van der Waals surface area contributed by atoms with Crippen LogP contribution in [0.4, 0.5) is 0 Å². The first-order chi connectivity index (χ1) is 12.7. The summed E-state index contributed by atoms with van der Waals surface area (Å²) < 4.78 is 27.5. The Morgan fingerprint density at radius 1 is 1.19 bits per heavy atom. The summed E-state index contributed by atoms with van der Waals surface area (Å²) in [6.45, 7) is 1.79. The number of hydrogen-bond acceptors (Lipinski definition) is 4. The number of nitrogens with zero attached hydrogens (tertiary/aromatic N) is 2. The SMILES string of the molecule is CCCS(=O)(=O)Cc1nc2c(Br)cc(Br)cc2c(=O)n1-c1ccccc1Cl. The molecule has 3 aromatic rings. The van der Waals surface area contributed by atoms with Gasteiger partial charge in [0.15, 0.2) is 9.84 Å². The van der Waals surface area contributed by atoms with Gasteiger partial charge in [-0.3, -0.25) is 9.36 Å². The van der Waals surface area contributed by atoms with Gasteiger partial charge in [-0.1, -0.05) is 46.6 Å². The quantitative estimate of drug-likeness (QED) is 0.468. The molecule has 0 bridgehead atoms. The minimum absolute atomic E-state index is 0.0188. The van der Waals surface area contributed by atoms with E-state index < -0.39 is 9.84 Å². The van der Waals surface area contributed by atoms with Crippen molar-refractivity contribution in [2.75, 3.05) is 5.75 Å². The molecule has 0 saturated heterocycles. The minimum Gasteiger partial charge on any atom is -0.268 e. The summed E-state index contributed by atoms with van der Waals surface area (Å²) in [7, 11) is -3.42. The molecule has 0 saturated carbocycles. The summed E-state index contributed by atoms with van der Waals surface area (Å²) in [5.74, 6) is -0.193. The zero-order chi connectivity index (χ0) is 19.8. The number of hydrogen-bond donors (Lipinski definition) is 0. The topological polar surface area (TPSA) is 69.0 Å². The number of rotatable bonds is 5. The van der Waals surface area contributed by atoms with Crippen LogP contribution in [-0.4, -0.2) is 23.7 Å². The molecule has 0 amide bonds. The molecule has 3 rings (SSSR count). The second kappa shape index (κ2) is 8.03. The van der Waals surface area contributed by atoms with Gasteiger partial charge in [0, 0.05) is 8.95 Å². The van der Waals surface area contributed by atoms with Crippen LogP contribution in [0.3, 0.4) is 0 Å². The Morgan fingerprint density at radius 3 is 2.56 bits per heavy atom. The Morgan fingerprint density at radius 2 is 1.89 bits per heavy atom. The van der Waals surface area contributed by atoms with Crippen molar-refractivity contribution in [3.8, 4) is 5.69 Å². The van der Waals surface area contributed by atoms with E-state index in [9.17, 15) is 13.2 Å². The van der Waals surface area contributed by atoms with Crippen LogP contribution >= 0.6 is 43.5 Å². The first kappa shape index (κ1) is 20.5. The van der Waals surface area contributed by atoms with Gasteiger partial charge >= 0.3 is 0 Å². The summed E-state index contributed by atoms with van der Waals surface area (Å²) in [6, 6.07) is 10.2. The maximum atomic E-state index is 13.3. The van der Waals surface area contributed by atoms with E-state index >= 15 is 0 Å². The lowest BCUT2D eigenvalue weighted by molar-refractivity contribution is 0.591. The fraction of sp³-hybridized carbons (Fsp3) is 0.222. The third-order valence-corrected chi connectivity index (χ3v) is 7.03. The summed E-state index contributed by atoms with van der Waals surface area (Å²) in [5.41, 5.74) is 0.432. The van der Waals surface area contributed by atoms with E-state index in [0.717, 1.165) is 0 Å². The van der Waals surface area contributed by atoms with Crippen molar-refractivity contribution in [1.29, 1.82) is 0 Å². The average Bonchev–Trinajstić information content (AvgIpc) is 2.57. The van der Waals surface area contributed by atoms with Gasteiger partial charge in [0.25, 0.3) is 5.56 Å². The Bertz CT molecular complexity index is 1190. The van der Waals surface area contributed by atoms with E-state index in [2.05, 4.69) is 36.8 Å². The van der Waals surface area contributed by atoms with E-state index in [1.54, 1.807) is 43.3 Å². The maximum Gasteiger partial charge on any atom is 0.266 e. The highest BCUT2D eigenvalue weighted by atomic mass is 79.9. The number of aromatic nitrogens is 2. The molecule has 9 heteroatoms. The fourth-order valence-electron chi connectivity index (χ4n) is 2.82. The maximum absolute atomic E-state index is 13.3. The second-order valence-electron chi connectivity index (χ2n) is 6.00. The van der Waals surface area contributed by atoms with Crippen LogP contribution in [0, 0.1) is 0 Å². The molecule has 0 aliphatic rings. The Hall–Kier alpha value is -1.22. The van der Waals surface area contributed by atoms with E-state index in [-0.39, 0.29) is 22.9 Å². The molecule has 0 atom stereocenters. The normalized spacial score (nSPS) is 11.9. The third kappa shape index (κ3) is 4.29. The largest absolute Gasteiger partial charge is 0.268 e. The Labute approximate surface area is 178 Å². The smallest absolute Gasteiger partial charge is 0.266 e. The van der Waals surface area contributed by atoms with Gasteiger partial charge in [-0.2, -0.15) is 0 Å². The van der Waals surface area contributed by atoms with Gasteiger partial charge in [0.1, 0.15) is 11.6 Å². The van der Waals surface area contributed by atoms with Crippen molar-refractivity contribution in [2.24, 2.45) is 0 Å². The second-order valence-corrected chi connectivity index (χ2v) is 10.4. The minimum atomic E-state index is -3.42. The highest BCUT2D eigenvalue weighted by molar-refractivity contribution is 9.11. The lowest BCUT2D eigenvalue weighted by atomic mass is 10.2. The molecule has 0 spiro atoms. The molecule has 0 unspecified atom stereocenters. The van der Waals surface area contributed by atoms with Gasteiger partial charge in [-0.25, -0.2) is 13.4 Å². The summed E-state index contributed by atoms with van der Waals surface area (Å²) in [4.78, 5) is 17.8. The summed E-state index contributed by atoms with van der Waals surface area (Å²) in [5, 5.41) is 0.691. The third-order valence-electron chi connectivity index (χ3n) is 3.92. The van der Waals surface area contributed by atoms with E-state index in [1.807, 2.05) is 0 Å². The van der Waals surface area contributed by atoms with Crippen LogP contribution in [0.2, 0.25) is 5.02 Å². The first-order valence-electron chi connectivity index (χ1n) is 8.09. The predicted molar refractivity (Wildman–Crippen MR) is 116 cm³/mol. The van der Waals surface area contributed by atoms with Crippen LogP contribution < -0.4 is 5.56 Å². The predicted octanol–water partition coefficient (Wildman–Crippen LogP) is 4.89. The van der Waals surface area contributed by atoms with Gasteiger partial charge in [-0.05, 0) is 46.6 Å². The fourth-order valence-corrected chi connectivity index (χ4v) is 5.71. The van der Waals surface area contributed by atoms with Gasteiger partial charge in [0.05, 0.1) is 27.4 Å². The van der Waals surface area contributed by atoms with Crippen molar-refractivity contribution in [3.05, 3.63) is 66.5 Å². The molecule has 0 fully saturated rings. The molecular formula is C18H15Br2ClN2O3S. The van der Waals surface area contributed by atoms with Crippen molar-refractivity contribution in [1.82, 2.24) is 9.55 Å². The van der Waals surface area contributed by atoms with Crippen molar-refractivity contribution in [3.63, 3.8) is 0 Å². The lowest BCUT2D eigenvalue weighted by Crippen LogP contribution is -2.26. The number of sulfone groups is 1. The average molecular weight is 535 g/mol. The Balaban J connectivity index is 2.40. The van der Waals surface area contributed by atoms with Crippen molar-refractivity contribution >= 4 is 64.2 Å². The number of halogens is 3. The highest BCUT2D eigenvalue weighted by Crippen LogP contribution is 2.28. The van der Waals surface area contributed by atoms with Crippen LogP contribution in [-0.2, 0) is 15.6 Å². The zero-order valence-corrected chi connectivity index (χ0v) is 19.0. The molecule has 27 heavy (non-hydrogen) atoms. The molecule has 0 aliphatic carbocycles. The molecule has 0 N–H and O–H groups in total. The summed E-state index contributed by atoms with van der Waals surface area (Å²) in [6.07, 6.45) is 0.489. The highest BCUT2D eigenvalue weighted by Gasteiger charge is 2.21.